The van der Waals surface area contributed by atoms with Crippen molar-refractivity contribution in [1.29, 1.82) is 0 Å². The Morgan fingerprint density at radius 3 is 2.57 bits per heavy atom. The lowest BCUT2D eigenvalue weighted by atomic mass is 10.0. The van der Waals surface area contributed by atoms with Crippen LogP contribution in [0.3, 0.4) is 0 Å². The normalized spacial score (nSPS) is 12.6. The lowest BCUT2D eigenvalue weighted by molar-refractivity contribution is -0.123. The molecule has 12 heteroatoms. The largest absolute Gasteiger partial charge is 0.496 e. The van der Waals surface area contributed by atoms with E-state index in [1.165, 1.54) is 19.2 Å². The molecule has 2 aromatic carbocycles. The van der Waals surface area contributed by atoms with Crippen LogP contribution in [-0.2, 0) is 27.9 Å². The number of thiophene rings is 1. The minimum Gasteiger partial charge on any atom is -0.496 e. The first-order valence-electron chi connectivity index (χ1n) is 11.5. The van der Waals surface area contributed by atoms with Gasteiger partial charge in [-0.1, -0.05) is 55.8 Å². The van der Waals surface area contributed by atoms with Crippen molar-refractivity contribution < 1.29 is 17.9 Å². The predicted octanol–water partition coefficient (Wildman–Crippen LogP) is 4.21. The van der Waals surface area contributed by atoms with E-state index in [1.54, 1.807) is 10.7 Å². The molecule has 4 aromatic rings. The smallest absolute Gasteiger partial charge is 0.272 e. The van der Waals surface area contributed by atoms with Gasteiger partial charge in [-0.25, -0.2) is 8.42 Å². The highest BCUT2D eigenvalue weighted by molar-refractivity contribution is 7.94. The van der Waals surface area contributed by atoms with Crippen LogP contribution in [0.4, 0.5) is 5.82 Å². The molecular weight excluding hydrogens is 534 g/mol. The average Bonchev–Trinajstić information content (AvgIpc) is 3.46. The zero-order valence-corrected chi connectivity index (χ0v) is 23.0. The van der Waals surface area contributed by atoms with Gasteiger partial charge in [0.05, 0.1) is 34.9 Å². The number of carbonyl (C=O) groups is 1. The number of amides is 1. The second-order valence-electron chi connectivity index (χ2n) is 8.83. The van der Waals surface area contributed by atoms with Crippen LogP contribution in [0, 0.1) is 5.92 Å². The van der Waals surface area contributed by atoms with E-state index in [9.17, 15) is 13.2 Å². The van der Waals surface area contributed by atoms with E-state index >= 15 is 0 Å². The monoisotopic (exact) mass is 561 g/mol. The number of carbonyl (C=O) groups excluding carboxylic acids is 1. The highest BCUT2D eigenvalue weighted by Crippen LogP contribution is 2.35. The number of nitrogens with one attached hydrogen (secondary N) is 2. The summed E-state index contributed by atoms with van der Waals surface area (Å²) in [5.41, 5.74) is 8.46. The third-order valence-corrected chi connectivity index (χ3v) is 8.88. The van der Waals surface area contributed by atoms with E-state index in [2.05, 4.69) is 15.1 Å². The summed E-state index contributed by atoms with van der Waals surface area (Å²) in [5.74, 6) is 0.487. The van der Waals surface area contributed by atoms with Crippen molar-refractivity contribution in [1.82, 2.24) is 15.1 Å². The van der Waals surface area contributed by atoms with Crippen molar-refractivity contribution in [2.24, 2.45) is 11.7 Å². The molecule has 2 heterocycles. The summed E-state index contributed by atoms with van der Waals surface area (Å²) in [4.78, 5) is 12.2. The zero-order chi connectivity index (χ0) is 26.7. The number of hydrogen-bond acceptors (Lipinski definition) is 7. The first-order chi connectivity index (χ1) is 17.6. The topological polar surface area (TPSA) is 128 Å². The maximum atomic E-state index is 13.0. The van der Waals surface area contributed by atoms with Gasteiger partial charge in [0.2, 0.25) is 5.91 Å². The third-order valence-electron chi connectivity index (χ3n) is 5.82. The van der Waals surface area contributed by atoms with Gasteiger partial charge in [0.25, 0.3) is 10.0 Å². The number of rotatable bonds is 10. The molecule has 4 N–H and O–H groups in total. The van der Waals surface area contributed by atoms with Crippen LogP contribution in [0.1, 0.15) is 25.0 Å². The van der Waals surface area contributed by atoms with Gasteiger partial charge in [0.1, 0.15) is 9.96 Å². The Hall–Kier alpha value is -3.12. The molecule has 9 nitrogen and oxygen atoms in total. The molecule has 2 aromatic heterocycles. The molecule has 1 unspecified atom stereocenters. The Kier molecular flexibility index (Phi) is 8.08. The van der Waals surface area contributed by atoms with Crippen LogP contribution in [-0.4, -0.2) is 37.3 Å². The molecule has 0 radical (unpaired) electrons. The summed E-state index contributed by atoms with van der Waals surface area (Å²) in [6.45, 7) is 4.51. The first-order valence-corrected chi connectivity index (χ1v) is 14.2. The third kappa shape index (κ3) is 6.07. The van der Waals surface area contributed by atoms with Crippen molar-refractivity contribution in [3.63, 3.8) is 0 Å². The van der Waals surface area contributed by atoms with Gasteiger partial charge < -0.3 is 15.8 Å². The number of ether oxygens (including phenoxy) is 1. The molecule has 0 saturated heterocycles. The van der Waals surface area contributed by atoms with Crippen molar-refractivity contribution in [2.45, 2.75) is 37.2 Å². The number of benzene rings is 2. The molecule has 1 atom stereocenters. The maximum absolute atomic E-state index is 13.0. The Bertz CT molecular complexity index is 1530. The SMILES string of the molecule is COc1cccc2c1c(NS(=O)(=O)c1ccc(Cl)s1)nn2Cc1cccc(CNC(=O)C(N)C(C)C)c1. The molecular formula is C25H28ClN5O4S2. The van der Waals surface area contributed by atoms with Gasteiger partial charge in [-0.2, -0.15) is 5.10 Å². The molecule has 4 rings (SSSR count). The predicted molar refractivity (Wildman–Crippen MR) is 147 cm³/mol. The number of halogens is 1. The van der Waals surface area contributed by atoms with E-state index in [1.807, 2.05) is 50.2 Å². The molecule has 0 saturated carbocycles. The van der Waals surface area contributed by atoms with Crippen LogP contribution < -0.4 is 20.5 Å². The number of nitrogens with zero attached hydrogens (tertiary/aromatic N) is 2. The number of methoxy groups -OCH3 is 1. The van der Waals surface area contributed by atoms with Gasteiger partial charge in [-0.05, 0) is 41.3 Å². The average molecular weight is 562 g/mol. The van der Waals surface area contributed by atoms with Crippen LogP contribution in [0.5, 0.6) is 5.75 Å². The fourth-order valence-electron chi connectivity index (χ4n) is 3.80. The highest BCUT2D eigenvalue weighted by atomic mass is 35.5. The van der Waals surface area contributed by atoms with Crippen molar-refractivity contribution >= 4 is 55.6 Å². The lowest BCUT2D eigenvalue weighted by Gasteiger charge is -2.15. The van der Waals surface area contributed by atoms with Gasteiger partial charge in [0, 0.05) is 6.54 Å². The van der Waals surface area contributed by atoms with Crippen LogP contribution in [0.25, 0.3) is 10.9 Å². The Morgan fingerprint density at radius 2 is 1.89 bits per heavy atom. The highest BCUT2D eigenvalue weighted by Gasteiger charge is 2.23. The number of aromatic nitrogens is 2. The summed E-state index contributed by atoms with van der Waals surface area (Å²) < 4.78 is 36.3. The standard InChI is InChI=1S/C25H28ClN5O4S2/c1-15(2)23(27)25(32)28-13-16-6-4-7-17(12-16)14-31-18-8-5-9-19(35-3)22(18)24(29-31)30-37(33,34)21-11-10-20(26)36-21/h4-12,15,23H,13-14,27H2,1-3H3,(H,28,32)(H,29,30). The first kappa shape index (κ1) is 26.9. The molecule has 196 valence electrons. The zero-order valence-electron chi connectivity index (χ0n) is 20.6. The van der Waals surface area contributed by atoms with Gasteiger partial charge in [0.15, 0.2) is 5.82 Å². The van der Waals surface area contributed by atoms with Gasteiger partial charge in [-0.3, -0.25) is 14.2 Å². The summed E-state index contributed by atoms with van der Waals surface area (Å²) in [6.07, 6.45) is 0. The summed E-state index contributed by atoms with van der Waals surface area (Å²) in [5, 5.41) is 8.01. The quantitative estimate of drug-likeness (QED) is 0.266. The number of nitrogens with two attached hydrogens (primary N) is 1. The molecule has 0 aliphatic heterocycles. The molecule has 0 fully saturated rings. The van der Waals surface area contributed by atoms with E-state index < -0.39 is 16.1 Å². The van der Waals surface area contributed by atoms with E-state index in [4.69, 9.17) is 22.1 Å². The van der Waals surface area contributed by atoms with Crippen LogP contribution in [0.2, 0.25) is 4.34 Å². The molecule has 0 bridgehead atoms. The van der Waals surface area contributed by atoms with E-state index in [-0.39, 0.29) is 21.9 Å². The number of fused-ring (bicyclic) bond motifs is 1. The molecule has 0 aliphatic carbocycles. The lowest BCUT2D eigenvalue weighted by Crippen LogP contribution is -2.43. The van der Waals surface area contributed by atoms with Crippen molar-refractivity contribution in [3.05, 3.63) is 70.1 Å². The van der Waals surface area contributed by atoms with Crippen LogP contribution >= 0.6 is 22.9 Å². The fraction of sp³-hybridized carbons (Fsp3) is 0.280. The summed E-state index contributed by atoms with van der Waals surface area (Å²) >= 11 is 6.91. The Balaban J connectivity index is 1.62. The molecule has 0 aliphatic rings. The van der Waals surface area contributed by atoms with E-state index in [0.717, 1.165) is 22.5 Å². The molecule has 1 amide bonds. The maximum Gasteiger partial charge on any atom is 0.272 e. The van der Waals surface area contributed by atoms with E-state index in [0.29, 0.717) is 34.1 Å². The summed E-state index contributed by atoms with van der Waals surface area (Å²) in [7, 11) is -2.38. The minimum atomic E-state index is -3.90. The van der Waals surface area contributed by atoms with Gasteiger partial charge >= 0.3 is 0 Å². The number of sulfonamides is 1. The second kappa shape index (κ2) is 11.1. The van der Waals surface area contributed by atoms with Crippen LogP contribution in [0.15, 0.2) is 58.8 Å². The van der Waals surface area contributed by atoms with Gasteiger partial charge in [-0.15, -0.1) is 11.3 Å². The van der Waals surface area contributed by atoms with Crippen molar-refractivity contribution in [2.75, 3.05) is 11.8 Å². The number of hydrogen-bond donors (Lipinski definition) is 3. The Labute approximate surface area is 224 Å². The second-order valence-corrected chi connectivity index (χ2v) is 12.5. The number of anilines is 1. The Morgan fingerprint density at radius 1 is 1.16 bits per heavy atom. The van der Waals surface area contributed by atoms with Crippen molar-refractivity contribution in [3.8, 4) is 5.75 Å². The fourth-order valence-corrected chi connectivity index (χ4v) is 6.29. The molecule has 0 spiro atoms. The summed E-state index contributed by atoms with van der Waals surface area (Å²) in [6, 6.07) is 15.6. The molecule has 37 heavy (non-hydrogen) atoms. The minimum absolute atomic E-state index is 0.0415.